The lowest BCUT2D eigenvalue weighted by atomic mass is 10.2. The smallest absolute Gasteiger partial charge is 0.244 e. The highest BCUT2D eigenvalue weighted by Crippen LogP contribution is 2.01. The van der Waals surface area contributed by atoms with Crippen LogP contribution in [0.4, 0.5) is 13.2 Å². The average molecular weight is 422 g/mol. The Balaban J connectivity index is 1.69. The second-order valence-corrected chi connectivity index (χ2v) is 6.09. The van der Waals surface area contributed by atoms with Crippen molar-refractivity contribution >= 4 is 24.6 Å². The number of halogens is 3. The maximum atomic E-state index is 13.0. The molecule has 0 spiro atoms. The first-order chi connectivity index (χ1) is 15.1. The predicted octanol–water partition coefficient (Wildman–Crippen LogP) is 4.04. The van der Waals surface area contributed by atoms with E-state index in [0.29, 0.717) is 16.7 Å². The van der Waals surface area contributed by atoms with Gasteiger partial charge in [-0.1, -0.05) is 36.4 Å². The topological polar surface area (TPSA) is 73.5 Å². The van der Waals surface area contributed by atoms with Gasteiger partial charge in [-0.05, 0) is 53.1 Å². The van der Waals surface area contributed by atoms with Crippen molar-refractivity contribution in [1.29, 1.82) is 0 Å². The van der Waals surface area contributed by atoms with E-state index < -0.39 is 0 Å². The van der Waals surface area contributed by atoms with Crippen LogP contribution in [0.5, 0.6) is 0 Å². The van der Waals surface area contributed by atoms with Crippen molar-refractivity contribution < 1.29 is 13.2 Å². The van der Waals surface area contributed by atoms with Crippen molar-refractivity contribution in [2.45, 2.75) is 0 Å². The molecule has 0 unspecified atom stereocenters. The molecule has 0 atom stereocenters. The van der Waals surface area contributed by atoms with E-state index in [4.69, 9.17) is 0 Å². The highest BCUT2D eigenvalue weighted by atomic mass is 19.1. The van der Waals surface area contributed by atoms with Gasteiger partial charge in [-0.2, -0.15) is 15.3 Å². The van der Waals surface area contributed by atoms with E-state index in [1.54, 1.807) is 36.4 Å². The number of hydrogen-bond donors (Lipinski definition) is 2. The molecule has 3 aromatic carbocycles. The third-order valence-corrected chi connectivity index (χ3v) is 3.74. The molecule has 0 aliphatic heterocycles. The fourth-order valence-electron chi connectivity index (χ4n) is 2.21. The Labute approximate surface area is 176 Å². The standard InChI is InChI=1S/C22H17F3N6/c23-19-7-1-16(2-8-19)13-26-29-22(30-27-14-17-3-9-20(24)10-4-17)31-28-15-18-5-11-21(25)12-6-18/h1-15H,(H2,29,30,31)/b26-13+,27-14+,28-15+. The van der Waals surface area contributed by atoms with Crippen LogP contribution < -0.4 is 10.9 Å². The van der Waals surface area contributed by atoms with Crippen LogP contribution in [0.2, 0.25) is 0 Å². The van der Waals surface area contributed by atoms with Gasteiger partial charge in [0.05, 0.1) is 18.6 Å². The van der Waals surface area contributed by atoms with Crippen LogP contribution in [-0.2, 0) is 0 Å². The minimum absolute atomic E-state index is 0.0788. The van der Waals surface area contributed by atoms with Crippen molar-refractivity contribution in [3.05, 3.63) is 107 Å². The second kappa shape index (κ2) is 11.1. The molecule has 3 rings (SSSR count). The molecule has 0 radical (unpaired) electrons. The number of rotatable bonds is 6. The van der Waals surface area contributed by atoms with Crippen molar-refractivity contribution in [2.24, 2.45) is 20.4 Å². The van der Waals surface area contributed by atoms with Crippen molar-refractivity contribution in [3.8, 4) is 0 Å². The summed E-state index contributed by atoms with van der Waals surface area (Å²) in [6, 6.07) is 17.2. The van der Waals surface area contributed by atoms with E-state index in [1.807, 2.05) is 0 Å². The van der Waals surface area contributed by atoms with E-state index in [2.05, 4.69) is 31.3 Å². The van der Waals surface area contributed by atoms with Crippen LogP contribution in [0.25, 0.3) is 0 Å². The van der Waals surface area contributed by atoms with Crippen molar-refractivity contribution in [1.82, 2.24) is 10.9 Å². The molecule has 3 aromatic rings. The number of guanidine groups is 1. The molecule has 0 aliphatic carbocycles. The zero-order valence-corrected chi connectivity index (χ0v) is 16.1. The van der Waals surface area contributed by atoms with E-state index >= 15 is 0 Å². The van der Waals surface area contributed by atoms with Crippen LogP contribution in [0, 0.1) is 17.5 Å². The summed E-state index contributed by atoms with van der Waals surface area (Å²) < 4.78 is 38.9. The Kier molecular flexibility index (Phi) is 7.64. The molecule has 0 heterocycles. The predicted molar refractivity (Wildman–Crippen MR) is 116 cm³/mol. The molecule has 0 bridgehead atoms. The Hall–Kier alpha value is -4.27. The summed E-state index contributed by atoms with van der Waals surface area (Å²) in [7, 11) is 0. The lowest BCUT2D eigenvalue weighted by Gasteiger charge is -2.02. The Morgan fingerprint density at radius 1 is 0.548 bits per heavy atom. The van der Waals surface area contributed by atoms with Gasteiger partial charge in [-0.25, -0.2) is 24.0 Å². The Morgan fingerprint density at radius 3 is 1.29 bits per heavy atom. The highest BCUT2D eigenvalue weighted by Gasteiger charge is 1.96. The van der Waals surface area contributed by atoms with Gasteiger partial charge in [0, 0.05) is 0 Å². The normalized spacial score (nSPS) is 11.3. The molecule has 0 amide bonds. The van der Waals surface area contributed by atoms with Gasteiger partial charge < -0.3 is 0 Å². The Bertz CT molecular complexity index is 1030. The molecule has 0 aromatic heterocycles. The first-order valence-electron chi connectivity index (χ1n) is 9.04. The zero-order valence-electron chi connectivity index (χ0n) is 16.1. The fourth-order valence-corrected chi connectivity index (χ4v) is 2.21. The molecule has 0 fully saturated rings. The van der Waals surface area contributed by atoms with Gasteiger partial charge in [0.15, 0.2) is 0 Å². The minimum Gasteiger partial charge on any atom is -0.244 e. The monoisotopic (exact) mass is 422 g/mol. The van der Waals surface area contributed by atoms with E-state index in [0.717, 1.165) is 0 Å². The first-order valence-corrected chi connectivity index (χ1v) is 9.04. The summed E-state index contributed by atoms with van der Waals surface area (Å²) in [5.41, 5.74) is 7.26. The number of nitrogens with zero attached hydrogens (tertiary/aromatic N) is 4. The molecule has 0 saturated heterocycles. The molecule has 0 aliphatic rings. The fraction of sp³-hybridized carbons (Fsp3) is 0. The third-order valence-electron chi connectivity index (χ3n) is 3.74. The number of hydrazone groups is 2. The molecule has 0 saturated carbocycles. The quantitative estimate of drug-likeness (QED) is 0.358. The van der Waals surface area contributed by atoms with Crippen LogP contribution in [0.1, 0.15) is 16.7 Å². The summed E-state index contributed by atoms with van der Waals surface area (Å²) in [5.74, 6) is -0.969. The number of benzene rings is 3. The molecule has 31 heavy (non-hydrogen) atoms. The molecule has 2 N–H and O–H groups in total. The molecular weight excluding hydrogens is 405 g/mol. The van der Waals surface area contributed by atoms with Gasteiger partial charge in [0.1, 0.15) is 17.5 Å². The van der Waals surface area contributed by atoms with E-state index in [1.165, 1.54) is 55.0 Å². The van der Waals surface area contributed by atoms with Gasteiger partial charge in [-0.15, -0.1) is 5.10 Å². The summed E-state index contributed by atoms with van der Waals surface area (Å²) in [4.78, 5) is 0. The highest BCUT2D eigenvalue weighted by molar-refractivity contribution is 5.86. The second-order valence-electron chi connectivity index (χ2n) is 6.09. The average Bonchev–Trinajstić information content (AvgIpc) is 2.77. The molecule has 6 nitrogen and oxygen atoms in total. The molecule has 9 heteroatoms. The van der Waals surface area contributed by atoms with Crippen LogP contribution in [0.15, 0.2) is 93.2 Å². The van der Waals surface area contributed by atoms with Crippen LogP contribution in [-0.4, -0.2) is 24.6 Å². The number of hydrogen-bond acceptors (Lipinski definition) is 4. The van der Waals surface area contributed by atoms with Crippen LogP contribution >= 0.6 is 0 Å². The lowest BCUT2D eigenvalue weighted by Crippen LogP contribution is -2.30. The van der Waals surface area contributed by atoms with E-state index in [-0.39, 0.29) is 23.4 Å². The van der Waals surface area contributed by atoms with Gasteiger partial charge in [-0.3, -0.25) is 0 Å². The van der Waals surface area contributed by atoms with Crippen molar-refractivity contribution in [3.63, 3.8) is 0 Å². The first kappa shape index (κ1) is 21.4. The van der Waals surface area contributed by atoms with Gasteiger partial charge in [0.25, 0.3) is 5.96 Å². The lowest BCUT2D eigenvalue weighted by molar-refractivity contribution is 0.627. The van der Waals surface area contributed by atoms with E-state index in [9.17, 15) is 13.2 Å². The number of nitrogens with one attached hydrogen (secondary N) is 2. The summed E-state index contributed by atoms with van der Waals surface area (Å²) >= 11 is 0. The van der Waals surface area contributed by atoms with Crippen molar-refractivity contribution in [2.75, 3.05) is 0 Å². The van der Waals surface area contributed by atoms with Crippen LogP contribution in [0.3, 0.4) is 0 Å². The Morgan fingerprint density at radius 2 is 0.903 bits per heavy atom. The third kappa shape index (κ3) is 7.58. The maximum Gasteiger partial charge on any atom is 0.257 e. The summed E-state index contributed by atoms with van der Waals surface area (Å²) in [6.07, 6.45) is 4.35. The van der Waals surface area contributed by atoms with Gasteiger partial charge >= 0.3 is 0 Å². The SMILES string of the molecule is Fc1ccc(/C=N/N=C(N/N=C/c2ccc(F)cc2)N/N=C/c2ccc(F)cc2)cc1. The summed E-state index contributed by atoms with van der Waals surface area (Å²) in [5, 5.41) is 15.9. The minimum atomic E-state index is -0.352. The largest absolute Gasteiger partial charge is 0.257 e. The summed E-state index contributed by atoms with van der Waals surface area (Å²) in [6.45, 7) is 0. The maximum absolute atomic E-state index is 13.0. The zero-order chi connectivity index (χ0) is 21.9. The molecular formula is C22H17F3N6. The molecule has 156 valence electrons. The van der Waals surface area contributed by atoms with Gasteiger partial charge in [0.2, 0.25) is 0 Å².